The highest BCUT2D eigenvalue weighted by Crippen LogP contribution is 2.21. The molecule has 19 heavy (non-hydrogen) atoms. The highest BCUT2D eigenvalue weighted by molar-refractivity contribution is 5.71. The van der Waals surface area contributed by atoms with E-state index >= 15 is 0 Å². The minimum absolute atomic E-state index is 0.145. The van der Waals surface area contributed by atoms with Crippen molar-refractivity contribution in [3.63, 3.8) is 0 Å². The number of nitrogens with zero attached hydrogens (tertiary/aromatic N) is 2. The third-order valence-electron chi connectivity index (χ3n) is 3.03. The molecule has 0 bridgehead atoms. The number of hydrogen-bond acceptors (Lipinski definition) is 4. The summed E-state index contributed by atoms with van der Waals surface area (Å²) in [6.45, 7) is 10.5. The van der Waals surface area contributed by atoms with Crippen LogP contribution >= 0.6 is 0 Å². The van der Waals surface area contributed by atoms with Gasteiger partial charge in [0.2, 0.25) is 0 Å². The second-order valence-electron chi connectivity index (χ2n) is 5.53. The van der Waals surface area contributed by atoms with E-state index in [4.69, 9.17) is 10.00 Å². The van der Waals surface area contributed by atoms with Gasteiger partial charge in [-0.3, -0.25) is 9.69 Å². The number of carbonyl (C=O) groups excluding carboxylic acids is 1. The van der Waals surface area contributed by atoms with E-state index in [9.17, 15) is 4.79 Å². The quantitative estimate of drug-likeness (QED) is 0.451. The zero-order chi connectivity index (χ0) is 14.7. The fraction of sp³-hybridized carbons (Fsp3) is 0.867. The Balaban J connectivity index is 3.95. The van der Waals surface area contributed by atoms with Crippen LogP contribution < -0.4 is 0 Å². The Kier molecular flexibility index (Phi) is 9.24. The molecular weight excluding hydrogens is 240 g/mol. The molecule has 0 atom stereocenters. The van der Waals surface area contributed by atoms with Crippen molar-refractivity contribution < 1.29 is 9.53 Å². The van der Waals surface area contributed by atoms with E-state index in [2.05, 4.69) is 17.9 Å². The number of esters is 1. The Hall–Kier alpha value is -1.08. The largest absolute Gasteiger partial charge is 0.465 e. The molecule has 0 amide bonds. The van der Waals surface area contributed by atoms with Crippen LogP contribution in [0.25, 0.3) is 0 Å². The highest BCUT2D eigenvalue weighted by atomic mass is 16.5. The lowest BCUT2D eigenvalue weighted by atomic mass is 9.89. The molecule has 0 N–H and O–H groups in total. The monoisotopic (exact) mass is 268 g/mol. The smallest absolute Gasteiger partial charge is 0.320 e. The van der Waals surface area contributed by atoms with Gasteiger partial charge in [0.1, 0.15) is 0 Å². The van der Waals surface area contributed by atoms with Crippen molar-refractivity contribution in [3.05, 3.63) is 0 Å². The molecule has 0 spiro atoms. The van der Waals surface area contributed by atoms with Gasteiger partial charge in [0.05, 0.1) is 24.6 Å². The maximum atomic E-state index is 11.5. The standard InChI is InChI=1S/C15H28N2O2/c1-5-10-17(12-14(18)19-6-2)11-8-7-9-15(3,4)13-16/h5-12H2,1-4H3. The predicted octanol–water partition coefficient (Wildman–Crippen LogP) is 2.98. The van der Waals surface area contributed by atoms with E-state index in [1.165, 1.54) is 0 Å². The Morgan fingerprint density at radius 3 is 2.47 bits per heavy atom. The minimum atomic E-state index is -0.239. The first-order valence-corrected chi connectivity index (χ1v) is 7.24. The number of carbonyl (C=O) groups is 1. The van der Waals surface area contributed by atoms with Crippen molar-refractivity contribution in [2.75, 3.05) is 26.2 Å². The van der Waals surface area contributed by atoms with Crippen LogP contribution in [0, 0.1) is 16.7 Å². The molecule has 0 heterocycles. The maximum Gasteiger partial charge on any atom is 0.320 e. The van der Waals surface area contributed by atoms with E-state index in [1.807, 2.05) is 20.8 Å². The van der Waals surface area contributed by atoms with Crippen LogP contribution in [-0.2, 0) is 9.53 Å². The Morgan fingerprint density at radius 2 is 1.95 bits per heavy atom. The second-order valence-corrected chi connectivity index (χ2v) is 5.53. The average Bonchev–Trinajstić information content (AvgIpc) is 2.35. The van der Waals surface area contributed by atoms with Gasteiger partial charge in [-0.1, -0.05) is 13.3 Å². The van der Waals surface area contributed by atoms with Crippen molar-refractivity contribution in [1.29, 1.82) is 5.26 Å². The van der Waals surface area contributed by atoms with Crippen LogP contribution in [0.1, 0.15) is 53.4 Å². The summed E-state index contributed by atoms with van der Waals surface area (Å²) in [4.78, 5) is 13.6. The van der Waals surface area contributed by atoms with Gasteiger partial charge >= 0.3 is 5.97 Å². The van der Waals surface area contributed by atoms with Crippen LogP contribution in [0.15, 0.2) is 0 Å². The summed E-state index contributed by atoms with van der Waals surface area (Å²) in [6.07, 6.45) is 3.97. The molecule has 0 aromatic carbocycles. The minimum Gasteiger partial charge on any atom is -0.465 e. The van der Waals surface area contributed by atoms with Crippen molar-refractivity contribution in [2.24, 2.45) is 5.41 Å². The highest BCUT2D eigenvalue weighted by Gasteiger charge is 2.16. The lowest BCUT2D eigenvalue weighted by Crippen LogP contribution is -2.32. The molecular formula is C15H28N2O2. The van der Waals surface area contributed by atoms with Gasteiger partial charge in [0, 0.05) is 0 Å². The fourth-order valence-electron chi connectivity index (χ4n) is 1.93. The van der Waals surface area contributed by atoms with E-state index in [0.717, 1.165) is 38.8 Å². The molecule has 0 saturated carbocycles. The van der Waals surface area contributed by atoms with E-state index < -0.39 is 0 Å². The lowest BCUT2D eigenvalue weighted by Gasteiger charge is -2.21. The van der Waals surface area contributed by atoms with Crippen LogP contribution in [0.3, 0.4) is 0 Å². The van der Waals surface area contributed by atoms with Gasteiger partial charge in [-0.05, 0) is 53.1 Å². The Morgan fingerprint density at radius 1 is 1.26 bits per heavy atom. The van der Waals surface area contributed by atoms with Crippen LogP contribution in [0.5, 0.6) is 0 Å². The number of rotatable bonds is 10. The molecule has 0 fully saturated rings. The van der Waals surface area contributed by atoms with Crippen molar-refractivity contribution in [3.8, 4) is 6.07 Å². The summed E-state index contributed by atoms with van der Waals surface area (Å²) in [5, 5.41) is 8.94. The molecule has 0 aliphatic carbocycles. The van der Waals surface area contributed by atoms with Crippen molar-refractivity contribution in [2.45, 2.75) is 53.4 Å². The molecule has 0 radical (unpaired) electrons. The number of nitriles is 1. The van der Waals surface area contributed by atoms with Crippen molar-refractivity contribution >= 4 is 5.97 Å². The summed E-state index contributed by atoms with van der Waals surface area (Å²) in [6, 6.07) is 2.32. The predicted molar refractivity (Wildman–Crippen MR) is 76.6 cm³/mol. The number of hydrogen-bond donors (Lipinski definition) is 0. The summed E-state index contributed by atoms with van der Waals surface area (Å²) in [7, 11) is 0. The van der Waals surface area contributed by atoms with E-state index in [0.29, 0.717) is 13.2 Å². The molecule has 4 heteroatoms. The molecule has 110 valence electrons. The van der Waals surface area contributed by atoms with Crippen LogP contribution in [0.4, 0.5) is 0 Å². The zero-order valence-electron chi connectivity index (χ0n) is 12.9. The first-order chi connectivity index (χ1) is 8.95. The van der Waals surface area contributed by atoms with Crippen molar-refractivity contribution in [1.82, 2.24) is 4.90 Å². The van der Waals surface area contributed by atoms with E-state index in [1.54, 1.807) is 0 Å². The van der Waals surface area contributed by atoms with Gasteiger partial charge in [0.15, 0.2) is 0 Å². The maximum absolute atomic E-state index is 11.5. The molecule has 0 unspecified atom stereocenters. The Labute approximate surface area is 117 Å². The first kappa shape index (κ1) is 17.9. The van der Waals surface area contributed by atoms with Gasteiger partial charge in [-0.25, -0.2) is 0 Å². The second kappa shape index (κ2) is 9.80. The third-order valence-corrected chi connectivity index (χ3v) is 3.03. The molecule has 0 aromatic rings. The SMILES string of the molecule is CCCN(CCCCC(C)(C)C#N)CC(=O)OCC. The topological polar surface area (TPSA) is 53.3 Å². The van der Waals surface area contributed by atoms with Gasteiger partial charge in [-0.2, -0.15) is 5.26 Å². The molecule has 0 aromatic heterocycles. The first-order valence-electron chi connectivity index (χ1n) is 7.24. The van der Waals surface area contributed by atoms with E-state index in [-0.39, 0.29) is 11.4 Å². The number of unbranched alkanes of at least 4 members (excludes halogenated alkanes) is 1. The third kappa shape index (κ3) is 9.49. The van der Waals surface area contributed by atoms with Gasteiger partial charge < -0.3 is 4.74 Å². The number of ether oxygens (including phenoxy) is 1. The summed E-state index contributed by atoms with van der Waals surface area (Å²) < 4.78 is 4.97. The summed E-state index contributed by atoms with van der Waals surface area (Å²) in [5.74, 6) is -0.145. The molecule has 0 aliphatic heterocycles. The van der Waals surface area contributed by atoms with Gasteiger partial charge in [-0.15, -0.1) is 0 Å². The molecule has 4 nitrogen and oxygen atoms in total. The summed E-state index contributed by atoms with van der Waals surface area (Å²) >= 11 is 0. The normalized spacial score (nSPS) is 11.4. The molecule has 0 rings (SSSR count). The molecule has 0 saturated heterocycles. The zero-order valence-corrected chi connectivity index (χ0v) is 12.9. The lowest BCUT2D eigenvalue weighted by molar-refractivity contribution is -0.144. The van der Waals surface area contributed by atoms with Crippen LogP contribution in [0.2, 0.25) is 0 Å². The fourth-order valence-corrected chi connectivity index (χ4v) is 1.93. The van der Waals surface area contributed by atoms with Gasteiger partial charge in [0.25, 0.3) is 0 Å². The Bertz CT molecular complexity index is 295. The summed E-state index contributed by atoms with van der Waals surface area (Å²) in [5.41, 5.74) is -0.239. The molecule has 0 aliphatic rings. The van der Waals surface area contributed by atoms with Crippen LogP contribution in [-0.4, -0.2) is 37.1 Å². The average molecular weight is 268 g/mol.